The first-order valence-electron chi connectivity index (χ1n) is 6.90. The summed E-state index contributed by atoms with van der Waals surface area (Å²) in [5.41, 5.74) is 1.66. The van der Waals surface area contributed by atoms with Crippen molar-refractivity contribution in [2.75, 3.05) is 11.9 Å². The van der Waals surface area contributed by atoms with Gasteiger partial charge in [-0.15, -0.1) is 0 Å². The van der Waals surface area contributed by atoms with E-state index in [2.05, 4.69) is 17.6 Å². The molecule has 21 heavy (non-hydrogen) atoms. The van der Waals surface area contributed by atoms with E-state index < -0.39 is 5.60 Å². The summed E-state index contributed by atoms with van der Waals surface area (Å²) in [5, 5.41) is 19.6. The molecule has 2 rings (SSSR count). The summed E-state index contributed by atoms with van der Waals surface area (Å²) in [6, 6.07) is 9.25. The predicted octanol–water partition coefficient (Wildman–Crippen LogP) is 3.34. The maximum atomic E-state index is 11.9. The number of hydrogen-bond donors (Lipinski definition) is 3. The standard InChI is InChI=1S/C16H20N2O2S/c1-3-12-5-4-6-14(9-12)18-15(19)17-11-16(2,20)13-7-8-21-10-13/h4-10,20H,3,11H2,1-2H3,(H2,17,18,19). The normalized spacial score (nSPS) is 13.5. The molecule has 0 bridgehead atoms. The number of aliphatic hydroxyl groups is 1. The molecule has 112 valence electrons. The minimum absolute atomic E-state index is 0.156. The first-order valence-corrected chi connectivity index (χ1v) is 7.84. The second kappa shape index (κ2) is 6.74. The largest absolute Gasteiger partial charge is 0.384 e. The molecule has 0 spiro atoms. The van der Waals surface area contributed by atoms with Crippen molar-refractivity contribution in [1.82, 2.24) is 5.32 Å². The number of nitrogens with one attached hydrogen (secondary N) is 2. The molecular weight excluding hydrogens is 284 g/mol. The van der Waals surface area contributed by atoms with Crippen LogP contribution in [0.1, 0.15) is 25.0 Å². The molecule has 1 unspecified atom stereocenters. The van der Waals surface area contributed by atoms with Crippen LogP contribution in [-0.4, -0.2) is 17.7 Å². The minimum Gasteiger partial charge on any atom is -0.384 e. The van der Waals surface area contributed by atoms with E-state index in [4.69, 9.17) is 0 Å². The Bertz CT molecular complexity index is 594. The number of urea groups is 1. The van der Waals surface area contributed by atoms with Crippen LogP contribution in [0.25, 0.3) is 0 Å². The van der Waals surface area contributed by atoms with E-state index in [0.717, 1.165) is 23.2 Å². The van der Waals surface area contributed by atoms with Crippen molar-refractivity contribution in [2.45, 2.75) is 25.9 Å². The summed E-state index contributed by atoms with van der Waals surface area (Å²) in [5.74, 6) is 0. The maximum Gasteiger partial charge on any atom is 0.319 e. The summed E-state index contributed by atoms with van der Waals surface area (Å²) >= 11 is 1.52. The van der Waals surface area contributed by atoms with Crippen molar-refractivity contribution in [3.05, 3.63) is 52.2 Å². The smallest absolute Gasteiger partial charge is 0.319 e. The zero-order valence-corrected chi connectivity index (χ0v) is 13.0. The molecule has 3 N–H and O–H groups in total. The summed E-state index contributed by atoms with van der Waals surface area (Å²) in [7, 11) is 0. The Kier molecular flexibility index (Phi) is 4.98. The molecule has 0 radical (unpaired) electrons. The van der Waals surface area contributed by atoms with Crippen LogP contribution in [0.4, 0.5) is 10.5 Å². The van der Waals surface area contributed by atoms with Gasteiger partial charge in [-0.3, -0.25) is 0 Å². The lowest BCUT2D eigenvalue weighted by Gasteiger charge is -2.22. The van der Waals surface area contributed by atoms with Crippen molar-refractivity contribution in [1.29, 1.82) is 0 Å². The summed E-state index contributed by atoms with van der Waals surface area (Å²) in [4.78, 5) is 11.9. The lowest BCUT2D eigenvalue weighted by molar-refractivity contribution is 0.0604. The number of rotatable bonds is 5. The Hall–Kier alpha value is -1.85. The lowest BCUT2D eigenvalue weighted by atomic mass is 9.99. The van der Waals surface area contributed by atoms with Crippen LogP contribution < -0.4 is 10.6 Å². The van der Waals surface area contributed by atoms with E-state index in [1.807, 2.05) is 41.1 Å². The molecule has 0 aliphatic rings. The molecule has 2 amide bonds. The number of anilines is 1. The molecule has 0 aliphatic heterocycles. The van der Waals surface area contributed by atoms with E-state index in [0.29, 0.717) is 0 Å². The molecule has 0 fully saturated rings. The fourth-order valence-electron chi connectivity index (χ4n) is 1.97. The van der Waals surface area contributed by atoms with Gasteiger partial charge in [-0.05, 0) is 53.4 Å². The zero-order valence-electron chi connectivity index (χ0n) is 12.2. The third kappa shape index (κ3) is 4.31. The van der Waals surface area contributed by atoms with Gasteiger partial charge in [-0.1, -0.05) is 19.1 Å². The van der Waals surface area contributed by atoms with Crippen molar-refractivity contribution in [2.24, 2.45) is 0 Å². The van der Waals surface area contributed by atoms with Crippen LogP contribution in [0.5, 0.6) is 0 Å². The average molecular weight is 304 g/mol. The number of aryl methyl sites for hydroxylation is 1. The second-order valence-corrected chi connectivity index (χ2v) is 5.93. The van der Waals surface area contributed by atoms with Gasteiger partial charge in [-0.2, -0.15) is 11.3 Å². The van der Waals surface area contributed by atoms with Crippen molar-refractivity contribution < 1.29 is 9.90 Å². The number of benzene rings is 1. The predicted molar refractivity (Wildman–Crippen MR) is 86.7 cm³/mol. The van der Waals surface area contributed by atoms with Gasteiger partial charge < -0.3 is 15.7 Å². The van der Waals surface area contributed by atoms with Crippen LogP contribution in [0, 0.1) is 0 Å². The quantitative estimate of drug-likeness (QED) is 0.793. The third-order valence-electron chi connectivity index (χ3n) is 3.33. The molecule has 4 nitrogen and oxygen atoms in total. The number of thiophene rings is 1. The second-order valence-electron chi connectivity index (χ2n) is 5.15. The first kappa shape index (κ1) is 15.5. The van der Waals surface area contributed by atoms with Gasteiger partial charge >= 0.3 is 6.03 Å². The molecule has 5 heteroatoms. The van der Waals surface area contributed by atoms with Crippen LogP contribution in [0.15, 0.2) is 41.1 Å². The monoisotopic (exact) mass is 304 g/mol. The molecular formula is C16H20N2O2S. The Morgan fingerprint density at radius 2 is 2.19 bits per heavy atom. The maximum absolute atomic E-state index is 11.9. The Morgan fingerprint density at radius 1 is 1.38 bits per heavy atom. The number of carbonyl (C=O) groups excluding carboxylic acids is 1. The first-order chi connectivity index (χ1) is 10.0. The molecule has 0 aliphatic carbocycles. The van der Waals surface area contributed by atoms with Crippen molar-refractivity contribution in [3.8, 4) is 0 Å². The van der Waals surface area contributed by atoms with Crippen LogP contribution in [0.2, 0.25) is 0 Å². The van der Waals surface area contributed by atoms with Crippen LogP contribution in [-0.2, 0) is 12.0 Å². The van der Waals surface area contributed by atoms with E-state index >= 15 is 0 Å². The van der Waals surface area contributed by atoms with E-state index in [1.54, 1.807) is 6.92 Å². The SMILES string of the molecule is CCc1cccc(NC(=O)NCC(C)(O)c2ccsc2)c1. The Balaban J connectivity index is 1.90. The number of carbonyl (C=O) groups is 1. The topological polar surface area (TPSA) is 61.4 Å². The van der Waals surface area contributed by atoms with E-state index in [-0.39, 0.29) is 12.6 Å². The fourth-order valence-corrected chi connectivity index (χ4v) is 2.75. The number of hydrogen-bond acceptors (Lipinski definition) is 3. The highest BCUT2D eigenvalue weighted by Crippen LogP contribution is 2.22. The third-order valence-corrected chi connectivity index (χ3v) is 4.01. The van der Waals surface area contributed by atoms with Gasteiger partial charge in [0.05, 0.1) is 6.54 Å². The van der Waals surface area contributed by atoms with Crippen LogP contribution >= 0.6 is 11.3 Å². The summed E-state index contributed by atoms with van der Waals surface area (Å²) in [6.07, 6.45) is 0.921. The van der Waals surface area contributed by atoms with Crippen molar-refractivity contribution >= 4 is 23.1 Å². The fraction of sp³-hybridized carbons (Fsp3) is 0.312. The van der Waals surface area contributed by atoms with Crippen LogP contribution in [0.3, 0.4) is 0 Å². The van der Waals surface area contributed by atoms with Crippen molar-refractivity contribution in [3.63, 3.8) is 0 Å². The van der Waals surface area contributed by atoms with Gasteiger partial charge in [0.1, 0.15) is 5.60 Å². The molecule has 1 atom stereocenters. The average Bonchev–Trinajstić information content (AvgIpc) is 3.00. The molecule has 1 aromatic heterocycles. The Labute approximate surface area is 128 Å². The zero-order chi connectivity index (χ0) is 15.3. The van der Waals surface area contributed by atoms with Gasteiger partial charge in [0.25, 0.3) is 0 Å². The van der Waals surface area contributed by atoms with Gasteiger partial charge in [0.15, 0.2) is 0 Å². The molecule has 2 aromatic rings. The number of amides is 2. The highest BCUT2D eigenvalue weighted by atomic mass is 32.1. The van der Waals surface area contributed by atoms with Gasteiger partial charge in [-0.25, -0.2) is 4.79 Å². The molecule has 1 heterocycles. The Morgan fingerprint density at radius 3 is 2.86 bits per heavy atom. The molecule has 1 aromatic carbocycles. The molecule has 0 saturated carbocycles. The highest BCUT2D eigenvalue weighted by Gasteiger charge is 2.24. The van der Waals surface area contributed by atoms with Gasteiger partial charge in [0.2, 0.25) is 0 Å². The lowest BCUT2D eigenvalue weighted by Crippen LogP contribution is -2.40. The summed E-state index contributed by atoms with van der Waals surface area (Å²) < 4.78 is 0. The van der Waals surface area contributed by atoms with Gasteiger partial charge in [0, 0.05) is 5.69 Å². The summed E-state index contributed by atoms with van der Waals surface area (Å²) in [6.45, 7) is 3.91. The van der Waals surface area contributed by atoms with E-state index in [9.17, 15) is 9.90 Å². The highest BCUT2D eigenvalue weighted by molar-refractivity contribution is 7.08. The minimum atomic E-state index is -1.07. The molecule has 0 saturated heterocycles. The van der Waals surface area contributed by atoms with E-state index in [1.165, 1.54) is 11.3 Å².